The van der Waals surface area contributed by atoms with Crippen LogP contribution in [-0.4, -0.2) is 43.5 Å². The SMILES string of the molecule is O=c1[nH]c2ccccc2cc1CN1CCCC(O)(c2cn[nH]n2)C1. The molecule has 0 saturated carbocycles. The first-order chi connectivity index (χ1) is 11.6. The van der Waals surface area contributed by atoms with E-state index in [0.717, 1.165) is 23.9 Å². The summed E-state index contributed by atoms with van der Waals surface area (Å²) in [5.41, 5.74) is 1.00. The molecule has 2 aromatic heterocycles. The van der Waals surface area contributed by atoms with Crippen molar-refractivity contribution in [2.24, 2.45) is 0 Å². The van der Waals surface area contributed by atoms with Crippen molar-refractivity contribution in [3.8, 4) is 0 Å². The zero-order valence-corrected chi connectivity index (χ0v) is 13.2. The maximum atomic E-state index is 12.3. The molecule has 24 heavy (non-hydrogen) atoms. The van der Waals surface area contributed by atoms with Gasteiger partial charge in [0, 0.05) is 24.2 Å². The Morgan fingerprint density at radius 3 is 3.04 bits per heavy atom. The number of nitrogens with one attached hydrogen (secondary N) is 2. The molecule has 3 N–H and O–H groups in total. The number of aromatic nitrogens is 4. The highest BCUT2D eigenvalue weighted by Gasteiger charge is 2.37. The van der Waals surface area contributed by atoms with Gasteiger partial charge in [0.1, 0.15) is 11.3 Å². The number of hydrogen-bond donors (Lipinski definition) is 3. The summed E-state index contributed by atoms with van der Waals surface area (Å²) in [5.74, 6) is 0. The van der Waals surface area contributed by atoms with E-state index in [4.69, 9.17) is 0 Å². The fourth-order valence-electron chi connectivity index (χ4n) is 3.44. The van der Waals surface area contributed by atoms with Gasteiger partial charge in [-0.2, -0.15) is 15.4 Å². The predicted molar refractivity (Wildman–Crippen MR) is 89.4 cm³/mol. The lowest BCUT2D eigenvalue weighted by Gasteiger charge is -2.37. The number of H-pyrrole nitrogens is 2. The minimum Gasteiger partial charge on any atom is -0.382 e. The minimum absolute atomic E-state index is 0.0794. The highest BCUT2D eigenvalue weighted by molar-refractivity contribution is 5.78. The zero-order chi connectivity index (χ0) is 16.6. The van der Waals surface area contributed by atoms with Crippen molar-refractivity contribution in [1.29, 1.82) is 0 Å². The maximum Gasteiger partial charge on any atom is 0.252 e. The monoisotopic (exact) mass is 325 g/mol. The van der Waals surface area contributed by atoms with Gasteiger partial charge in [0.15, 0.2) is 0 Å². The second-order valence-corrected chi connectivity index (χ2v) is 6.41. The number of benzene rings is 1. The van der Waals surface area contributed by atoms with Gasteiger partial charge < -0.3 is 10.1 Å². The Morgan fingerprint density at radius 2 is 2.21 bits per heavy atom. The molecule has 124 valence electrons. The second-order valence-electron chi connectivity index (χ2n) is 6.41. The number of aliphatic hydroxyl groups is 1. The Hall–Kier alpha value is -2.51. The van der Waals surface area contributed by atoms with Gasteiger partial charge in [-0.15, -0.1) is 0 Å². The first-order valence-corrected chi connectivity index (χ1v) is 8.06. The summed E-state index contributed by atoms with van der Waals surface area (Å²) < 4.78 is 0. The molecule has 1 atom stereocenters. The number of fused-ring (bicyclic) bond motifs is 1. The van der Waals surface area contributed by atoms with Crippen molar-refractivity contribution < 1.29 is 5.11 Å². The van der Waals surface area contributed by atoms with E-state index in [1.807, 2.05) is 30.3 Å². The average molecular weight is 325 g/mol. The van der Waals surface area contributed by atoms with E-state index < -0.39 is 5.60 Å². The van der Waals surface area contributed by atoms with Gasteiger partial charge in [-0.1, -0.05) is 18.2 Å². The first kappa shape index (κ1) is 15.0. The van der Waals surface area contributed by atoms with E-state index in [1.54, 1.807) is 6.20 Å². The van der Waals surface area contributed by atoms with E-state index in [9.17, 15) is 9.90 Å². The van der Waals surface area contributed by atoms with Gasteiger partial charge in [0.2, 0.25) is 0 Å². The summed E-state index contributed by atoms with van der Waals surface area (Å²) in [5, 5.41) is 22.3. The standard InChI is InChI=1S/C17H19N5O2/c23-16-13(8-12-4-1-2-5-14(12)19-16)10-22-7-3-6-17(24,11-22)15-9-18-21-20-15/h1-2,4-5,8-9,24H,3,6-7,10-11H2,(H,19,23)(H,18,20,21). The Labute approximate surface area is 138 Å². The summed E-state index contributed by atoms with van der Waals surface area (Å²) >= 11 is 0. The van der Waals surface area contributed by atoms with Crippen LogP contribution in [0.15, 0.2) is 41.3 Å². The second kappa shape index (κ2) is 5.85. The molecule has 4 rings (SSSR count). The average Bonchev–Trinajstić information content (AvgIpc) is 3.11. The van der Waals surface area contributed by atoms with Crippen molar-refractivity contribution in [1.82, 2.24) is 25.3 Å². The number of para-hydroxylation sites is 1. The van der Waals surface area contributed by atoms with Crippen LogP contribution in [0.1, 0.15) is 24.1 Å². The quantitative estimate of drug-likeness (QED) is 0.670. The number of likely N-dealkylation sites (tertiary alicyclic amines) is 1. The topological polar surface area (TPSA) is 97.9 Å². The van der Waals surface area contributed by atoms with Crippen molar-refractivity contribution in [3.05, 3.63) is 58.1 Å². The molecular weight excluding hydrogens is 306 g/mol. The highest BCUT2D eigenvalue weighted by atomic mass is 16.3. The van der Waals surface area contributed by atoms with Crippen LogP contribution in [0.4, 0.5) is 0 Å². The Morgan fingerprint density at radius 1 is 1.33 bits per heavy atom. The number of rotatable bonds is 3. The molecule has 3 heterocycles. The van der Waals surface area contributed by atoms with Crippen LogP contribution in [0.25, 0.3) is 10.9 Å². The molecule has 1 fully saturated rings. The number of hydrogen-bond acceptors (Lipinski definition) is 5. The molecule has 7 heteroatoms. The van der Waals surface area contributed by atoms with Crippen LogP contribution in [0.5, 0.6) is 0 Å². The van der Waals surface area contributed by atoms with E-state index in [2.05, 4.69) is 25.3 Å². The fourth-order valence-corrected chi connectivity index (χ4v) is 3.44. The Balaban J connectivity index is 1.59. The molecule has 0 radical (unpaired) electrons. The van der Waals surface area contributed by atoms with Gasteiger partial charge >= 0.3 is 0 Å². The molecule has 0 bridgehead atoms. The van der Waals surface area contributed by atoms with Gasteiger partial charge in [-0.05, 0) is 36.9 Å². The third-order valence-corrected chi connectivity index (χ3v) is 4.67. The number of piperidine rings is 1. The predicted octanol–water partition coefficient (Wildman–Crippen LogP) is 1.13. The number of aromatic amines is 2. The normalized spacial score (nSPS) is 22.0. The van der Waals surface area contributed by atoms with E-state index in [-0.39, 0.29) is 5.56 Å². The summed E-state index contributed by atoms with van der Waals surface area (Å²) in [7, 11) is 0. The van der Waals surface area contributed by atoms with Crippen LogP contribution in [0.3, 0.4) is 0 Å². The third-order valence-electron chi connectivity index (χ3n) is 4.67. The highest BCUT2D eigenvalue weighted by Crippen LogP contribution is 2.30. The van der Waals surface area contributed by atoms with Crippen molar-refractivity contribution in [3.63, 3.8) is 0 Å². The van der Waals surface area contributed by atoms with Crippen LogP contribution < -0.4 is 5.56 Å². The molecule has 1 saturated heterocycles. The van der Waals surface area contributed by atoms with Crippen LogP contribution >= 0.6 is 0 Å². The van der Waals surface area contributed by atoms with Crippen LogP contribution in [-0.2, 0) is 12.1 Å². The molecule has 7 nitrogen and oxygen atoms in total. The molecule has 1 aliphatic rings. The fraction of sp³-hybridized carbons (Fsp3) is 0.353. The molecule has 1 unspecified atom stereocenters. The lowest BCUT2D eigenvalue weighted by molar-refractivity contribution is -0.0415. The summed E-state index contributed by atoms with van der Waals surface area (Å²) in [6.07, 6.45) is 3.05. The van der Waals surface area contributed by atoms with E-state index in [0.29, 0.717) is 30.8 Å². The van der Waals surface area contributed by atoms with Gasteiger partial charge in [-0.25, -0.2) is 0 Å². The van der Waals surface area contributed by atoms with Crippen LogP contribution in [0.2, 0.25) is 0 Å². The van der Waals surface area contributed by atoms with Crippen molar-refractivity contribution in [2.45, 2.75) is 25.0 Å². The molecule has 1 aromatic carbocycles. The Bertz CT molecular complexity index is 905. The molecule has 0 spiro atoms. The molecule has 0 aliphatic carbocycles. The number of β-amino-alcohol motifs (C(OH)–C–C–N with tert-alkyl or cyclic N) is 1. The Kier molecular flexibility index (Phi) is 3.66. The van der Waals surface area contributed by atoms with E-state index >= 15 is 0 Å². The summed E-state index contributed by atoms with van der Waals surface area (Å²) in [6.45, 7) is 1.78. The summed E-state index contributed by atoms with van der Waals surface area (Å²) in [4.78, 5) is 17.3. The van der Waals surface area contributed by atoms with Gasteiger partial charge in [0.25, 0.3) is 5.56 Å². The minimum atomic E-state index is -1.02. The largest absolute Gasteiger partial charge is 0.382 e. The smallest absolute Gasteiger partial charge is 0.252 e. The van der Waals surface area contributed by atoms with Crippen LogP contribution in [0, 0.1) is 0 Å². The molecule has 1 aliphatic heterocycles. The van der Waals surface area contributed by atoms with Gasteiger partial charge in [-0.3, -0.25) is 9.69 Å². The lowest BCUT2D eigenvalue weighted by atomic mass is 9.90. The van der Waals surface area contributed by atoms with E-state index in [1.165, 1.54) is 0 Å². The number of pyridine rings is 1. The molecular formula is C17H19N5O2. The zero-order valence-electron chi connectivity index (χ0n) is 13.2. The molecule has 3 aromatic rings. The van der Waals surface area contributed by atoms with Gasteiger partial charge in [0.05, 0.1) is 6.20 Å². The maximum absolute atomic E-state index is 12.3. The molecule has 0 amide bonds. The lowest BCUT2D eigenvalue weighted by Crippen LogP contribution is -2.46. The van der Waals surface area contributed by atoms with Crippen molar-refractivity contribution >= 4 is 10.9 Å². The van der Waals surface area contributed by atoms with Crippen molar-refractivity contribution in [2.75, 3.05) is 13.1 Å². The third kappa shape index (κ3) is 2.72. The summed E-state index contributed by atoms with van der Waals surface area (Å²) in [6, 6.07) is 9.66. The first-order valence-electron chi connectivity index (χ1n) is 8.06. The number of nitrogens with zero attached hydrogens (tertiary/aromatic N) is 3.